The van der Waals surface area contributed by atoms with Crippen molar-refractivity contribution in [2.45, 2.75) is 37.6 Å². The molecule has 0 amide bonds. The third-order valence-corrected chi connectivity index (χ3v) is 3.74. The van der Waals surface area contributed by atoms with Gasteiger partial charge < -0.3 is 10.4 Å². The number of nitrogens with zero attached hydrogens (tertiary/aromatic N) is 1. The summed E-state index contributed by atoms with van der Waals surface area (Å²) in [5.74, 6) is -1.68. The van der Waals surface area contributed by atoms with Gasteiger partial charge in [0.2, 0.25) is 5.92 Å². The molecule has 1 heterocycles. The number of fused-ring (bicyclic) bond motifs is 1. The number of phenolic OH excluding ortho intramolecular Hbond substituents is 1. The molecule has 2 N–H and O–H groups in total. The number of aromatic nitrogens is 1. The maximum Gasteiger partial charge on any atom is 0.248 e. The van der Waals surface area contributed by atoms with E-state index >= 15 is 0 Å². The van der Waals surface area contributed by atoms with Crippen LogP contribution in [0.25, 0.3) is 10.9 Å². The van der Waals surface area contributed by atoms with Crippen molar-refractivity contribution in [1.82, 2.24) is 4.98 Å². The van der Waals surface area contributed by atoms with Crippen molar-refractivity contribution >= 4 is 16.7 Å². The Morgan fingerprint density at radius 3 is 2.60 bits per heavy atom. The molecule has 3 nitrogen and oxygen atoms in total. The molecule has 5 heteroatoms. The van der Waals surface area contributed by atoms with E-state index in [1.165, 1.54) is 0 Å². The van der Waals surface area contributed by atoms with Crippen molar-refractivity contribution in [1.29, 1.82) is 0 Å². The predicted octanol–water partition coefficient (Wildman–Crippen LogP) is 3.93. The number of aromatic hydroxyl groups is 1. The number of pyridine rings is 1. The molecule has 0 radical (unpaired) electrons. The second kappa shape index (κ2) is 4.89. The highest BCUT2D eigenvalue weighted by atomic mass is 19.3. The van der Waals surface area contributed by atoms with Crippen molar-refractivity contribution in [2.24, 2.45) is 0 Å². The minimum absolute atomic E-state index is 0.0388. The lowest BCUT2D eigenvalue weighted by atomic mass is 9.92. The van der Waals surface area contributed by atoms with Crippen molar-refractivity contribution in [3.8, 4) is 5.75 Å². The summed E-state index contributed by atoms with van der Waals surface area (Å²) < 4.78 is 26.2. The third-order valence-electron chi connectivity index (χ3n) is 3.74. The minimum atomic E-state index is -2.51. The van der Waals surface area contributed by atoms with E-state index in [1.807, 2.05) is 12.1 Å². The molecule has 2 aromatic rings. The molecule has 106 valence electrons. The first kappa shape index (κ1) is 13.1. The summed E-state index contributed by atoms with van der Waals surface area (Å²) >= 11 is 0. The standard InChI is InChI=1S/C15H16F2N2O/c16-15(17)7-5-11(6-8-15)18-14-4-2-10-1-3-12(20)9-13(10)19-14/h1-4,9,11,20H,5-8H2,(H,18,19). The largest absolute Gasteiger partial charge is 0.508 e. The van der Waals surface area contributed by atoms with Gasteiger partial charge >= 0.3 is 0 Å². The number of hydrogen-bond acceptors (Lipinski definition) is 3. The Morgan fingerprint density at radius 1 is 1.15 bits per heavy atom. The van der Waals surface area contributed by atoms with Crippen LogP contribution in [0.1, 0.15) is 25.7 Å². The molecule has 20 heavy (non-hydrogen) atoms. The summed E-state index contributed by atoms with van der Waals surface area (Å²) in [6.45, 7) is 0. The zero-order valence-electron chi connectivity index (χ0n) is 10.9. The number of phenols is 1. The first-order chi connectivity index (χ1) is 9.52. The summed E-state index contributed by atoms with van der Waals surface area (Å²) in [5.41, 5.74) is 0.691. The van der Waals surface area contributed by atoms with Crippen LogP contribution in [0.2, 0.25) is 0 Å². The third kappa shape index (κ3) is 2.81. The summed E-state index contributed by atoms with van der Waals surface area (Å²) in [6.07, 6.45) is 0.761. The van der Waals surface area contributed by atoms with Crippen LogP contribution in [0, 0.1) is 0 Å². The highest BCUT2D eigenvalue weighted by Gasteiger charge is 2.34. The van der Waals surface area contributed by atoms with Crippen molar-refractivity contribution < 1.29 is 13.9 Å². The lowest BCUT2D eigenvalue weighted by molar-refractivity contribution is -0.0361. The van der Waals surface area contributed by atoms with E-state index in [4.69, 9.17) is 0 Å². The van der Waals surface area contributed by atoms with E-state index in [0.717, 1.165) is 5.39 Å². The van der Waals surface area contributed by atoms with Crippen LogP contribution in [0.4, 0.5) is 14.6 Å². The average molecular weight is 278 g/mol. The van der Waals surface area contributed by atoms with E-state index in [1.54, 1.807) is 18.2 Å². The van der Waals surface area contributed by atoms with Gasteiger partial charge in [-0.2, -0.15) is 0 Å². The lowest BCUT2D eigenvalue weighted by Crippen LogP contribution is -2.32. The fraction of sp³-hybridized carbons (Fsp3) is 0.400. The van der Waals surface area contributed by atoms with Crippen LogP contribution in [-0.4, -0.2) is 22.1 Å². The fourth-order valence-electron chi connectivity index (χ4n) is 2.58. The molecule has 1 aromatic carbocycles. The normalized spacial score (nSPS) is 19.1. The van der Waals surface area contributed by atoms with Gasteiger partial charge in [0.05, 0.1) is 5.52 Å². The van der Waals surface area contributed by atoms with Gasteiger partial charge in [-0.15, -0.1) is 0 Å². The van der Waals surface area contributed by atoms with Crippen LogP contribution in [0.15, 0.2) is 30.3 Å². The molecule has 3 rings (SSSR count). The Labute approximate surface area is 115 Å². The number of halogens is 2. The molecular weight excluding hydrogens is 262 g/mol. The van der Waals surface area contributed by atoms with Gasteiger partial charge in [-0.3, -0.25) is 0 Å². The Hall–Kier alpha value is -1.91. The molecular formula is C15H16F2N2O. The number of nitrogens with one attached hydrogen (secondary N) is 1. The SMILES string of the molecule is Oc1ccc2ccc(NC3CCC(F)(F)CC3)nc2c1. The molecule has 0 atom stereocenters. The molecule has 0 bridgehead atoms. The van der Waals surface area contributed by atoms with E-state index in [2.05, 4.69) is 10.3 Å². The summed E-state index contributed by atoms with van der Waals surface area (Å²) in [5, 5.41) is 13.6. The fourth-order valence-corrected chi connectivity index (χ4v) is 2.58. The van der Waals surface area contributed by atoms with Gasteiger partial charge in [0.15, 0.2) is 0 Å². The van der Waals surface area contributed by atoms with Crippen LogP contribution >= 0.6 is 0 Å². The topological polar surface area (TPSA) is 45.1 Å². The monoisotopic (exact) mass is 278 g/mol. The van der Waals surface area contributed by atoms with Gasteiger partial charge in [0, 0.05) is 30.3 Å². The van der Waals surface area contributed by atoms with Gasteiger partial charge in [-0.05, 0) is 37.1 Å². The number of anilines is 1. The molecule has 1 saturated carbocycles. The quantitative estimate of drug-likeness (QED) is 0.874. The Morgan fingerprint density at radius 2 is 1.85 bits per heavy atom. The molecule has 1 fully saturated rings. The molecule has 1 aliphatic rings. The summed E-state index contributed by atoms with van der Waals surface area (Å²) in [6, 6.07) is 8.78. The van der Waals surface area contributed by atoms with Crippen LogP contribution in [0.5, 0.6) is 5.75 Å². The van der Waals surface area contributed by atoms with E-state index in [0.29, 0.717) is 24.2 Å². The number of rotatable bonds is 2. The molecule has 1 aliphatic carbocycles. The van der Waals surface area contributed by atoms with Crippen LogP contribution in [0.3, 0.4) is 0 Å². The van der Waals surface area contributed by atoms with Gasteiger partial charge in [0.1, 0.15) is 11.6 Å². The smallest absolute Gasteiger partial charge is 0.248 e. The first-order valence-electron chi connectivity index (χ1n) is 6.76. The van der Waals surface area contributed by atoms with Crippen LogP contribution < -0.4 is 5.32 Å². The Balaban J connectivity index is 1.75. The van der Waals surface area contributed by atoms with Gasteiger partial charge in [-0.25, -0.2) is 13.8 Å². The Bertz CT molecular complexity index is 620. The molecule has 0 spiro atoms. The van der Waals surface area contributed by atoms with Crippen molar-refractivity contribution in [3.63, 3.8) is 0 Å². The second-order valence-electron chi connectivity index (χ2n) is 5.35. The number of hydrogen-bond donors (Lipinski definition) is 2. The van der Waals surface area contributed by atoms with E-state index < -0.39 is 5.92 Å². The molecule has 0 saturated heterocycles. The van der Waals surface area contributed by atoms with Gasteiger partial charge in [-0.1, -0.05) is 0 Å². The Kier molecular flexibility index (Phi) is 3.20. The van der Waals surface area contributed by atoms with E-state index in [9.17, 15) is 13.9 Å². The highest BCUT2D eigenvalue weighted by molar-refractivity contribution is 5.81. The molecule has 0 aliphatic heterocycles. The number of alkyl halides is 2. The van der Waals surface area contributed by atoms with Crippen LogP contribution in [-0.2, 0) is 0 Å². The lowest BCUT2D eigenvalue weighted by Gasteiger charge is -2.29. The first-order valence-corrected chi connectivity index (χ1v) is 6.76. The predicted molar refractivity (Wildman–Crippen MR) is 74.2 cm³/mol. The molecule has 0 unspecified atom stereocenters. The second-order valence-corrected chi connectivity index (χ2v) is 5.35. The average Bonchev–Trinajstić information content (AvgIpc) is 2.41. The van der Waals surface area contributed by atoms with E-state index in [-0.39, 0.29) is 24.6 Å². The summed E-state index contributed by atoms with van der Waals surface area (Å²) in [4.78, 5) is 4.41. The van der Waals surface area contributed by atoms with Gasteiger partial charge in [0.25, 0.3) is 0 Å². The zero-order valence-corrected chi connectivity index (χ0v) is 10.9. The van der Waals surface area contributed by atoms with Crippen molar-refractivity contribution in [2.75, 3.05) is 5.32 Å². The highest BCUT2D eigenvalue weighted by Crippen LogP contribution is 2.34. The summed E-state index contributed by atoms with van der Waals surface area (Å²) in [7, 11) is 0. The number of benzene rings is 1. The molecule has 1 aromatic heterocycles. The maximum atomic E-state index is 13.1. The zero-order chi connectivity index (χ0) is 14.2. The maximum absolute atomic E-state index is 13.1. The van der Waals surface area contributed by atoms with Crippen molar-refractivity contribution in [3.05, 3.63) is 30.3 Å². The minimum Gasteiger partial charge on any atom is -0.508 e.